The number of furan rings is 1. The number of methoxy groups -OCH3 is 1. The number of ether oxygens (including phenoxy) is 1. The predicted molar refractivity (Wildman–Crippen MR) is 84.0 cm³/mol. The maximum Gasteiger partial charge on any atom is 0.462 e. The maximum absolute atomic E-state index is 13.1. The zero-order valence-electron chi connectivity index (χ0n) is 14.1. The zero-order chi connectivity index (χ0) is 22.0. The van der Waals surface area contributed by atoms with Crippen LogP contribution in [0.1, 0.15) is 5.76 Å². The Bertz CT molecular complexity index is 925. The lowest BCUT2D eigenvalue weighted by molar-refractivity contribution is -0.384. The number of benzene rings is 1. The van der Waals surface area contributed by atoms with E-state index < -0.39 is 23.1 Å². The highest BCUT2D eigenvalue weighted by Gasteiger charge is 2.73. The van der Waals surface area contributed by atoms with Gasteiger partial charge in [-0.05, 0) is 18.2 Å². The number of nitro benzene ring substituents is 1. The van der Waals surface area contributed by atoms with Crippen molar-refractivity contribution in [2.24, 2.45) is 5.10 Å². The fourth-order valence-electron chi connectivity index (χ4n) is 1.99. The Morgan fingerprint density at radius 2 is 1.79 bits per heavy atom. The molecule has 158 valence electrons. The first-order valence-corrected chi connectivity index (χ1v) is 7.35. The third-order valence-corrected chi connectivity index (χ3v) is 3.43. The van der Waals surface area contributed by atoms with E-state index in [4.69, 9.17) is 9.15 Å². The fourth-order valence-corrected chi connectivity index (χ4v) is 1.99. The summed E-state index contributed by atoms with van der Waals surface area (Å²) in [5.41, 5.74) is 0.226. The molecule has 1 N–H and O–H groups in total. The van der Waals surface area contributed by atoms with Gasteiger partial charge < -0.3 is 9.15 Å². The van der Waals surface area contributed by atoms with Crippen molar-refractivity contribution in [3.8, 4) is 17.1 Å². The van der Waals surface area contributed by atoms with Gasteiger partial charge in [-0.3, -0.25) is 10.1 Å². The van der Waals surface area contributed by atoms with Crippen molar-refractivity contribution < 1.29 is 44.8 Å². The minimum absolute atomic E-state index is 0.0422. The normalized spacial score (nSPS) is 13.0. The lowest BCUT2D eigenvalue weighted by Gasteiger charge is -2.27. The van der Waals surface area contributed by atoms with Gasteiger partial charge in [0.25, 0.3) is 5.69 Å². The Hall–Kier alpha value is -3.32. The summed E-state index contributed by atoms with van der Waals surface area (Å²) >= 11 is 0. The molecule has 0 saturated heterocycles. The number of halogens is 7. The number of nitro groups is 1. The summed E-state index contributed by atoms with van der Waals surface area (Å²) < 4.78 is 97.9. The van der Waals surface area contributed by atoms with Crippen LogP contribution in [-0.4, -0.2) is 36.4 Å². The van der Waals surface area contributed by atoms with Crippen molar-refractivity contribution >= 4 is 11.9 Å². The van der Waals surface area contributed by atoms with Crippen molar-refractivity contribution in [1.29, 1.82) is 0 Å². The second-order valence-electron chi connectivity index (χ2n) is 5.36. The average molecular weight is 429 g/mol. The van der Waals surface area contributed by atoms with Gasteiger partial charge in [0.1, 0.15) is 17.3 Å². The highest BCUT2D eigenvalue weighted by atomic mass is 19.4. The summed E-state index contributed by atoms with van der Waals surface area (Å²) in [6.07, 6.45) is -6.08. The Labute approximate surface area is 156 Å². The van der Waals surface area contributed by atoms with Crippen LogP contribution in [0.15, 0.2) is 39.9 Å². The first-order chi connectivity index (χ1) is 13.3. The molecule has 0 saturated carbocycles. The van der Waals surface area contributed by atoms with Crippen molar-refractivity contribution in [1.82, 2.24) is 5.43 Å². The number of nitrogens with one attached hydrogen (secondary N) is 1. The van der Waals surface area contributed by atoms with Crippen LogP contribution in [0.4, 0.5) is 36.4 Å². The molecule has 2 rings (SSSR count). The van der Waals surface area contributed by atoms with E-state index in [9.17, 15) is 40.8 Å². The average Bonchev–Trinajstić information content (AvgIpc) is 3.08. The van der Waals surface area contributed by atoms with E-state index in [1.807, 2.05) is 0 Å². The smallest absolute Gasteiger partial charge is 0.462 e. The summed E-state index contributed by atoms with van der Waals surface area (Å²) in [7, 11) is 1.27. The van der Waals surface area contributed by atoms with Gasteiger partial charge in [-0.15, -0.1) is 0 Å². The number of hydrazone groups is 1. The van der Waals surface area contributed by atoms with Crippen molar-refractivity contribution in [2.75, 3.05) is 7.11 Å². The first kappa shape index (κ1) is 22.0. The van der Waals surface area contributed by atoms with Crippen LogP contribution < -0.4 is 10.2 Å². The van der Waals surface area contributed by atoms with E-state index in [1.165, 1.54) is 19.2 Å². The lowest BCUT2D eigenvalue weighted by atomic mass is 10.1. The largest absolute Gasteiger partial charge is 0.496 e. The van der Waals surface area contributed by atoms with Crippen LogP contribution >= 0.6 is 0 Å². The third kappa shape index (κ3) is 4.41. The standard InChI is InChI=1S/C15H10F7N3O4/c1-28-11-4-2-8(25(26)27)6-10(11)12-5-3-9(29-12)7-23-24-15(21,22)13(16,17)14(18,19)20/h2-7,24H,1H3/b23-7-. The SMILES string of the molecule is COc1ccc([N+](=O)[O-])cc1-c1ccc(/C=N\NC(F)(F)C(F)(F)C(F)(F)F)o1. The van der Waals surface area contributed by atoms with Crippen molar-refractivity contribution in [2.45, 2.75) is 18.1 Å². The molecule has 0 spiro atoms. The molecule has 29 heavy (non-hydrogen) atoms. The Morgan fingerprint density at radius 3 is 2.34 bits per heavy atom. The molecule has 1 heterocycles. The number of hydrogen-bond acceptors (Lipinski definition) is 6. The summed E-state index contributed by atoms with van der Waals surface area (Å²) in [4.78, 5) is 10.2. The van der Waals surface area contributed by atoms with Crippen LogP contribution in [0, 0.1) is 10.1 Å². The molecule has 1 aromatic carbocycles. The highest BCUT2D eigenvalue weighted by Crippen LogP contribution is 2.45. The zero-order valence-corrected chi connectivity index (χ0v) is 14.1. The molecular formula is C15H10F7N3O4. The first-order valence-electron chi connectivity index (χ1n) is 7.35. The van der Waals surface area contributed by atoms with Gasteiger partial charge in [-0.1, -0.05) is 0 Å². The van der Waals surface area contributed by atoms with Crippen molar-refractivity contribution in [3.63, 3.8) is 0 Å². The Kier molecular flexibility index (Phi) is 5.76. The van der Waals surface area contributed by atoms with E-state index in [-0.39, 0.29) is 28.5 Å². The van der Waals surface area contributed by atoms with Gasteiger partial charge in [-0.2, -0.15) is 35.8 Å². The van der Waals surface area contributed by atoms with Gasteiger partial charge in [0.2, 0.25) is 0 Å². The Morgan fingerprint density at radius 1 is 1.14 bits per heavy atom. The number of rotatable bonds is 7. The maximum atomic E-state index is 13.1. The second-order valence-corrected chi connectivity index (χ2v) is 5.36. The minimum atomic E-state index is -6.50. The molecule has 2 aromatic rings. The molecule has 0 aliphatic rings. The van der Waals surface area contributed by atoms with Crippen LogP contribution in [0.2, 0.25) is 0 Å². The molecule has 0 unspecified atom stereocenters. The predicted octanol–water partition coefficient (Wildman–Crippen LogP) is 4.58. The van der Waals surface area contributed by atoms with Gasteiger partial charge in [0.05, 0.1) is 23.8 Å². The number of nitrogens with zero attached hydrogens (tertiary/aromatic N) is 2. The molecule has 0 amide bonds. The third-order valence-electron chi connectivity index (χ3n) is 3.43. The molecular weight excluding hydrogens is 419 g/mol. The topological polar surface area (TPSA) is 89.9 Å². The van der Waals surface area contributed by atoms with Gasteiger partial charge >= 0.3 is 18.1 Å². The summed E-state index contributed by atoms with van der Waals surface area (Å²) in [6, 6.07) is 0.130. The van der Waals surface area contributed by atoms with Gasteiger partial charge in [-0.25, -0.2) is 5.43 Å². The monoisotopic (exact) mass is 429 g/mol. The summed E-state index contributed by atoms with van der Waals surface area (Å²) in [6.45, 7) is 0. The van der Waals surface area contributed by atoms with E-state index in [0.29, 0.717) is 11.6 Å². The molecule has 0 aliphatic carbocycles. The molecule has 0 atom stereocenters. The lowest BCUT2D eigenvalue weighted by Crippen LogP contribution is -2.58. The number of hydrogen-bond donors (Lipinski definition) is 1. The number of non-ortho nitro benzene ring substituents is 1. The molecule has 0 bridgehead atoms. The van der Waals surface area contributed by atoms with Crippen LogP contribution in [0.25, 0.3) is 11.3 Å². The summed E-state index contributed by atoms with van der Waals surface area (Å²) in [5, 5.41) is 13.5. The van der Waals surface area contributed by atoms with Gasteiger partial charge in [0.15, 0.2) is 0 Å². The second kappa shape index (κ2) is 7.60. The molecule has 0 fully saturated rings. The molecule has 1 aromatic heterocycles. The molecule has 0 aliphatic heterocycles. The van der Waals surface area contributed by atoms with E-state index in [1.54, 1.807) is 0 Å². The van der Waals surface area contributed by atoms with Crippen LogP contribution in [0.3, 0.4) is 0 Å². The van der Waals surface area contributed by atoms with E-state index in [0.717, 1.165) is 18.2 Å². The highest BCUT2D eigenvalue weighted by molar-refractivity contribution is 5.78. The van der Waals surface area contributed by atoms with Gasteiger partial charge in [0, 0.05) is 12.1 Å². The van der Waals surface area contributed by atoms with Crippen LogP contribution in [-0.2, 0) is 0 Å². The molecule has 0 radical (unpaired) electrons. The summed E-state index contributed by atoms with van der Waals surface area (Å²) in [5.74, 6) is -6.59. The fraction of sp³-hybridized carbons (Fsp3) is 0.267. The van der Waals surface area contributed by atoms with Crippen molar-refractivity contribution in [3.05, 3.63) is 46.2 Å². The molecule has 7 nitrogen and oxygen atoms in total. The Balaban J connectivity index is 2.23. The molecule has 14 heteroatoms. The van der Waals surface area contributed by atoms with E-state index in [2.05, 4.69) is 5.10 Å². The van der Waals surface area contributed by atoms with Crippen LogP contribution in [0.5, 0.6) is 5.75 Å². The quantitative estimate of drug-likeness (QED) is 0.229. The number of alkyl halides is 7. The minimum Gasteiger partial charge on any atom is -0.496 e. The van der Waals surface area contributed by atoms with E-state index >= 15 is 0 Å².